The minimum Gasteiger partial charge on any atom is -0.434 e. The van der Waals surface area contributed by atoms with Crippen molar-refractivity contribution in [2.24, 2.45) is 7.05 Å². The van der Waals surface area contributed by atoms with Crippen LogP contribution in [0.3, 0.4) is 0 Å². The Morgan fingerprint density at radius 3 is 2.58 bits per heavy atom. The van der Waals surface area contributed by atoms with E-state index in [1.807, 2.05) is 24.3 Å². The van der Waals surface area contributed by atoms with Gasteiger partial charge in [-0.2, -0.15) is 20.0 Å². The Kier molecular flexibility index (Phi) is 4.16. The van der Waals surface area contributed by atoms with E-state index < -0.39 is 0 Å². The van der Waals surface area contributed by atoms with E-state index in [0.29, 0.717) is 33.8 Å². The van der Waals surface area contributed by atoms with Crippen molar-refractivity contribution in [3.05, 3.63) is 89.2 Å². The SMILES string of the molecule is Cn1nc2ccc(-c3nc(-n4ccc5cccnc5c4=O)c(-c4ccc(F)cc4)o3)cc2n1. The number of benzene rings is 2. The van der Waals surface area contributed by atoms with Gasteiger partial charge in [-0.3, -0.25) is 14.3 Å². The Morgan fingerprint density at radius 1 is 0.939 bits per heavy atom. The average Bonchev–Trinajstić information content (AvgIpc) is 3.42. The fourth-order valence-electron chi connectivity index (χ4n) is 3.78. The largest absolute Gasteiger partial charge is 0.434 e. The van der Waals surface area contributed by atoms with Gasteiger partial charge >= 0.3 is 0 Å². The number of hydrogen-bond acceptors (Lipinski definition) is 6. The molecule has 0 radical (unpaired) electrons. The van der Waals surface area contributed by atoms with Crippen LogP contribution in [0.4, 0.5) is 4.39 Å². The molecule has 0 amide bonds. The summed E-state index contributed by atoms with van der Waals surface area (Å²) < 4.78 is 21.1. The molecule has 6 aromatic rings. The van der Waals surface area contributed by atoms with E-state index in [-0.39, 0.29) is 17.2 Å². The van der Waals surface area contributed by atoms with Crippen LogP contribution in [0.15, 0.2) is 82.3 Å². The van der Waals surface area contributed by atoms with E-state index in [1.54, 1.807) is 43.7 Å². The first-order valence-corrected chi connectivity index (χ1v) is 10.1. The molecule has 0 saturated carbocycles. The topological polar surface area (TPSA) is 91.6 Å². The van der Waals surface area contributed by atoms with Crippen LogP contribution >= 0.6 is 0 Å². The van der Waals surface area contributed by atoms with Crippen molar-refractivity contribution < 1.29 is 8.81 Å². The first-order valence-electron chi connectivity index (χ1n) is 10.1. The fourth-order valence-corrected chi connectivity index (χ4v) is 3.78. The van der Waals surface area contributed by atoms with Crippen LogP contribution in [0.25, 0.3) is 50.5 Å². The third-order valence-corrected chi connectivity index (χ3v) is 5.33. The highest BCUT2D eigenvalue weighted by atomic mass is 19.1. The second kappa shape index (κ2) is 7.20. The van der Waals surface area contributed by atoms with Gasteiger partial charge in [-0.25, -0.2) is 4.39 Å². The van der Waals surface area contributed by atoms with E-state index in [0.717, 1.165) is 10.9 Å². The zero-order valence-electron chi connectivity index (χ0n) is 17.3. The summed E-state index contributed by atoms with van der Waals surface area (Å²) in [6.07, 6.45) is 3.20. The monoisotopic (exact) mass is 438 g/mol. The van der Waals surface area contributed by atoms with Crippen LogP contribution in [0, 0.1) is 5.82 Å². The predicted octanol–water partition coefficient (Wildman–Crippen LogP) is 4.13. The van der Waals surface area contributed by atoms with Gasteiger partial charge in [-0.1, -0.05) is 6.07 Å². The van der Waals surface area contributed by atoms with Gasteiger partial charge in [0.1, 0.15) is 22.4 Å². The lowest BCUT2D eigenvalue weighted by Gasteiger charge is -2.05. The van der Waals surface area contributed by atoms with Crippen LogP contribution in [-0.4, -0.2) is 29.5 Å². The molecule has 0 aliphatic rings. The third-order valence-electron chi connectivity index (χ3n) is 5.33. The maximum atomic E-state index is 13.6. The molecule has 0 atom stereocenters. The Morgan fingerprint density at radius 2 is 1.73 bits per heavy atom. The summed E-state index contributed by atoms with van der Waals surface area (Å²) in [7, 11) is 1.75. The molecule has 0 fully saturated rings. The molecular weight excluding hydrogens is 423 g/mol. The number of fused-ring (bicyclic) bond motifs is 2. The molecule has 0 N–H and O–H groups in total. The molecule has 0 aliphatic heterocycles. The van der Waals surface area contributed by atoms with Crippen LogP contribution in [0.2, 0.25) is 0 Å². The molecule has 0 bridgehead atoms. The number of pyridine rings is 2. The zero-order valence-corrected chi connectivity index (χ0v) is 17.3. The summed E-state index contributed by atoms with van der Waals surface area (Å²) in [6, 6.07) is 16.7. The van der Waals surface area contributed by atoms with Gasteiger partial charge in [0, 0.05) is 36.0 Å². The van der Waals surface area contributed by atoms with Crippen LogP contribution in [0.1, 0.15) is 0 Å². The highest BCUT2D eigenvalue weighted by molar-refractivity contribution is 5.81. The standard InChI is InChI=1S/C24H15FN6O2/c1-30-28-18-9-6-16(13-19(18)29-30)23-27-22(21(33-23)15-4-7-17(25)8-5-15)31-12-10-14-3-2-11-26-20(14)24(31)32/h2-13H,1H3. The molecular formula is C24H15FN6O2. The Bertz CT molecular complexity index is 1720. The number of hydrogen-bond donors (Lipinski definition) is 0. The fraction of sp³-hybridized carbons (Fsp3) is 0.0417. The molecule has 4 heterocycles. The average molecular weight is 438 g/mol. The van der Waals surface area contributed by atoms with Crippen molar-refractivity contribution in [1.82, 2.24) is 29.5 Å². The number of aromatic nitrogens is 6. The number of rotatable bonds is 3. The van der Waals surface area contributed by atoms with Crippen molar-refractivity contribution >= 4 is 21.9 Å². The molecule has 8 nitrogen and oxygen atoms in total. The van der Waals surface area contributed by atoms with Gasteiger partial charge < -0.3 is 4.42 Å². The molecule has 0 unspecified atom stereocenters. The number of halogens is 1. The lowest BCUT2D eigenvalue weighted by Crippen LogP contribution is -2.19. The Balaban J connectivity index is 1.59. The van der Waals surface area contributed by atoms with Gasteiger partial charge in [-0.05, 0) is 54.6 Å². The van der Waals surface area contributed by atoms with Gasteiger partial charge in [0.15, 0.2) is 11.6 Å². The van der Waals surface area contributed by atoms with E-state index in [9.17, 15) is 9.18 Å². The molecule has 0 saturated heterocycles. The minimum atomic E-state index is -0.375. The summed E-state index contributed by atoms with van der Waals surface area (Å²) in [5.41, 5.74) is 2.66. The number of nitrogens with zero attached hydrogens (tertiary/aromatic N) is 6. The van der Waals surface area contributed by atoms with Crippen molar-refractivity contribution in [2.75, 3.05) is 0 Å². The minimum absolute atomic E-state index is 0.286. The molecule has 9 heteroatoms. The molecule has 0 spiro atoms. The number of oxazole rings is 1. The van der Waals surface area contributed by atoms with Crippen molar-refractivity contribution in [3.63, 3.8) is 0 Å². The smallest absolute Gasteiger partial charge is 0.282 e. The van der Waals surface area contributed by atoms with Crippen LogP contribution < -0.4 is 5.56 Å². The quantitative estimate of drug-likeness (QED) is 0.413. The normalized spacial score (nSPS) is 11.5. The molecule has 160 valence electrons. The van der Waals surface area contributed by atoms with Crippen molar-refractivity contribution in [3.8, 4) is 28.6 Å². The Hall–Kier alpha value is -4.66. The first-order chi connectivity index (χ1) is 16.1. The second-order valence-corrected chi connectivity index (χ2v) is 7.50. The highest BCUT2D eigenvalue weighted by Gasteiger charge is 2.20. The first kappa shape index (κ1) is 19.1. The van der Waals surface area contributed by atoms with Crippen molar-refractivity contribution in [2.45, 2.75) is 0 Å². The second-order valence-electron chi connectivity index (χ2n) is 7.50. The van der Waals surface area contributed by atoms with Gasteiger partial charge in [0.25, 0.3) is 5.56 Å². The maximum Gasteiger partial charge on any atom is 0.282 e. The summed E-state index contributed by atoms with van der Waals surface area (Å²) in [4.78, 5) is 23.6. The highest BCUT2D eigenvalue weighted by Crippen LogP contribution is 2.32. The Labute approximate surface area is 185 Å². The van der Waals surface area contributed by atoms with Crippen LogP contribution in [-0.2, 0) is 7.05 Å². The van der Waals surface area contributed by atoms with E-state index in [2.05, 4.69) is 20.2 Å². The molecule has 6 rings (SSSR count). The van der Waals surface area contributed by atoms with Gasteiger partial charge in [-0.15, -0.1) is 0 Å². The summed E-state index contributed by atoms with van der Waals surface area (Å²) in [6.45, 7) is 0. The molecule has 4 aromatic heterocycles. The van der Waals surface area contributed by atoms with Gasteiger partial charge in [0.2, 0.25) is 5.89 Å². The lowest BCUT2D eigenvalue weighted by molar-refractivity contribution is 0.587. The maximum absolute atomic E-state index is 13.6. The summed E-state index contributed by atoms with van der Waals surface area (Å²) in [5, 5.41) is 9.34. The molecule has 33 heavy (non-hydrogen) atoms. The van der Waals surface area contributed by atoms with Gasteiger partial charge in [0.05, 0.1) is 0 Å². The molecule has 2 aromatic carbocycles. The van der Waals surface area contributed by atoms with Crippen molar-refractivity contribution in [1.29, 1.82) is 0 Å². The van der Waals surface area contributed by atoms with Crippen LogP contribution in [0.5, 0.6) is 0 Å². The summed E-state index contributed by atoms with van der Waals surface area (Å²) >= 11 is 0. The van der Waals surface area contributed by atoms with E-state index >= 15 is 0 Å². The third kappa shape index (κ3) is 3.18. The zero-order chi connectivity index (χ0) is 22.5. The van der Waals surface area contributed by atoms with E-state index in [1.165, 1.54) is 21.5 Å². The van der Waals surface area contributed by atoms with E-state index in [4.69, 9.17) is 4.42 Å². The predicted molar refractivity (Wildman–Crippen MR) is 120 cm³/mol. The summed E-state index contributed by atoms with van der Waals surface area (Å²) in [5.74, 6) is 0.542. The molecule has 0 aliphatic carbocycles. The lowest BCUT2D eigenvalue weighted by atomic mass is 10.1. The number of aryl methyl sites for hydroxylation is 1.